The number of hydrogen-bond acceptors (Lipinski definition) is 5. The van der Waals surface area contributed by atoms with Gasteiger partial charge < -0.3 is 9.32 Å². The zero-order chi connectivity index (χ0) is 17.6. The van der Waals surface area contributed by atoms with Crippen molar-refractivity contribution in [2.75, 3.05) is 6.54 Å². The van der Waals surface area contributed by atoms with Crippen molar-refractivity contribution in [1.29, 1.82) is 5.26 Å². The van der Waals surface area contributed by atoms with E-state index in [1.54, 1.807) is 30.3 Å². The van der Waals surface area contributed by atoms with Gasteiger partial charge in [-0.1, -0.05) is 12.1 Å². The largest absolute Gasteiger partial charge is 0.467 e. The summed E-state index contributed by atoms with van der Waals surface area (Å²) in [7, 11) is 0. The van der Waals surface area contributed by atoms with E-state index in [9.17, 15) is 9.59 Å². The Labute approximate surface area is 143 Å². The van der Waals surface area contributed by atoms with Gasteiger partial charge in [0.05, 0.1) is 42.5 Å². The van der Waals surface area contributed by atoms with Crippen molar-refractivity contribution in [1.82, 2.24) is 14.5 Å². The molecule has 0 N–H and O–H groups in total. The van der Waals surface area contributed by atoms with Gasteiger partial charge in [0.25, 0.3) is 5.56 Å². The Morgan fingerprint density at radius 2 is 2.12 bits per heavy atom. The number of furan rings is 1. The van der Waals surface area contributed by atoms with Crippen molar-refractivity contribution in [3.8, 4) is 6.07 Å². The Balaban J connectivity index is 1.87. The summed E-state index contributed by atoms with van der Waals surface area (Å²) in [6.45, 7) is 0.410. The molecule has 0 aliphatic rings. The number of carbonyl (C=O) groups excluding carboxylic acids is 1. The van der Waals surface area contributed by atoms with Gasteiger partial charge in [-0.25, -0.2) is 4.98 Å². The number of carbonyl (C=O) groups is 1. The number of benzene rings is 1. The monoisotopic (exact) mass is 336 g/mol. The van der Waals surface area contributed by atoms with E-state index in [1.807, 2.05) is 12.1 Å². The highest BCUT2D eigenvalue weighted by Gasteiger charge is 2.17. The normalized spacial score (nSPS) is 10.5. The number of para-hydroxylation sites is 2. The molecule has 0 bridgehead atoms. The average Bonchev–Trinajstić information content (AvgIpc) is 3.14. The van der Waals surface area contributed by atoms with Crippen LogP contribution in [-0.4, -0.2) is 26.9 Å². The second-order valence-electron chi connectivity index (χ2n) is 5.47. The van der Waals surface area contributed by atoms with E-state index in [1.165, 1.54) is 21.9 Å². The first-order chi connectivity index (χ1) is 12.2. The molecule has 0 saturated heterocycles. The minimum Gasteiger partial charge on any atom is -0.467 e. The van der Waals surface area contributed by atoms with Crippen LogP contribution in [0.25, 0.3) is 11.0 Å². The lowest BCUT2D eigenvalue weighted by Crippen LogP contribution is -2.36. The van der Waals surface area contributed by atoms with Crippen LogP contribution in [0.2, 0.25) is 0 Å². The van der Waals surface area contributed by atoms with Gasteiger partial charge in [-0.05, 0) is 24.3 Å². The van der Waals surface area contributed by atoms with Crippen LogP contribution in [0.1, 0.15) is 12.2 Å². The fourth-order valence-electron chi connectivity index (χ4n) is 2.58. The molecule has 0 aliphatic carbocycles. The second kappa shape index (κ2) is 7.45. The fourth-order valence-corrected chi connectivity index (χ4v) is 2.58. The standard InChI is InChI=1S/C18H16N4O3/c19-8-4-9-21(12-14-5-3-10-25-14)18(24)13-22-16-7-2-1-6-15(16)20-11-17(22)23/h1-3,5-7,10-11H,4,9,12-13H2. The predicted molar refractivity (Wildman–Crippen MR) is 90.4 cm³/mol. The molecule has 3 rings (SSSR count). The number of fused-ring (bicyclic) bond motifs is 1. The molecule has 0 spiro atoms. The van der Waals surface area contributed by atoms with E-state index in [0.29, 0.717) is 16.8 Å². The molecule has 0 saturated carbocycles. The van der Waals surface area contributed by atoms with Crippen LogP contribution in [0.3, 0.4) is 0 Å². The van der Waals surface area contributed by atoms with Crippen molar-refractivity contribution >= 4 is 16.9 Å². The third-order valence-corrected chi connectivity index (χ3v) is 3.82. The Hall–Kier alpha value is -3.40. The summed E-state index contributed by atoms with van der Waals surface area (Å²) in [6.07, 6.45) is 2.95. The van der Waals surface area contributed by atoms with Gasteiger partial charge in [-0.3, -0.25) is 14.2 Å². The lowest BCUT2D eigenvalue weighted by molar-refractivity contribution is -0.132. The van der Waals surface area contributed by atoms with Gasteiger partial charge in [-0.2, -0.15) is 5.26 Å². The van der Waals surface area contributed by atoms with E-state index in [0.717, 1.165) is 0 Å². The van der Waals surface area contributed by atoms with Crippen molar-refractivity contribution < 1.29 is 9.21 Å². The lowest BCUT2D eigenvalue weighted by Gasteiger charge is -2.21. The van der Waals surface area contributed by atoms with Crippen molar-refractivity contribution in [3.63, 3.8) is 0 Å². The zero-order valence-electron chi connectivity index (χ0n) is 13.5. The number of amides is 1. The molecule has 2 heterocycles. The number of aromatic nitrogens is 2. The van der Waals surface area contributed by atoms with E-state index in [4.69, 9.17) is 9.68 Å². The van der Waals surface area contributed by atoms with Crippen LogP contribution < -0.4 is 5.56 Å². The van der Waals surface area contributed by atoms with Gasteiger partial charge in [0.1, 0.15) is 12.3 Å². The van der Waals surface area contributed by atoms with Crippen LogP contribution in [0.5, 0.6) is 0 Å². The molecule has 25 heavy (non-hydrogen) atoms. The molecule has 3 aromatic rings. The third kappa shape index (κ3) is 3.75. The molecule has 0 fully saturated rings. The van der Waals surface area contributed by atoms with Crippen molar-refractivity contribution in [2.24, 2.45) is 0 Å². The average molecular weight is 336 g/mol. The highest BCUT2D eigenvalue weighted by atomic mass is 16.3. The number of hydrogen-bond donors (Lipinski definition) is 0. The first kappa shape index (κ1) is 16.5. The Morgan fingerprint density at radius 1 is 1.28 bits per heavy atom. The molecule has 126 valence electrons. The van der Waals surface area contributed by atoms with Crippen LogP contribution in [0.15, 0.2) is 58.1 Å². The fraction of sp³-hybridized carbons (Fsp3) is 0.222. The van der Waals surface area contributed by atoms with Crippen molar-refractivity contribution in [3.05, 3.63) is 65.0 Å². The van der Waals surface area contributed by atoms with E-state index >= 15 is 0 Å². The molecule has 1 amide bonds. The Kier molecular flexibility index (Phi) is 4.90. The molecule has 0 atom stereocenters. The first-order valence-electron chi connectivity index (χ1n) is 7.81. The number of rotatable bonds is 6. The first-order valence-corrected chi connectivity index (χ1v) is 7.81. The van der Waals surface area contributed by atoms with E-state index in [2.05, 4.69) is 4.98 Å². The maximum Gasteiger partial charge on any atom is 0.269 e. The summed E-state index contributed by atoms with van der Waals surface area (Å²) >= 11 is 0. The minimum atomic E-state index is -0.342. The summed E-state index contributed by atoms with van der Waals surface area (Å²) in [6, 6.07) is 12.7. The number of nitriles is 1. The van der Waals surface area contributed by atoms with Gasteiger partial charge >= 0.3 is 0 Å². The second-order valence-corrected chi connectivity index (χ2v) is 5.47. The van der Waals surface area contributed by atoms with E-state index < -0.39 is 0 Å². The van der Waals surface area contributed by atoms with Gasteiger partial charge in [0, 0.05) is 6.54 Å². The summed E-state index contributed by atoms with van der Waals surface area (Å²) in [5.41, 5.74) is 0.899. The maximum absolute atomic E-state index is 12.7. The molecule has 7 nitrogen and oxygen atoms in total. The molecular weight excluding hydrogens is 320 g/mol. The van der Waals surface area contributed by atoms with Gasteiger partial charge in [0.2, 0.25) is 5.91 Å². The van der Waals surface area contributed by atoms with Crippen LogP contribution >= 0.6 is 0 Å². The van der Waals surface area contributed by atoms with Crippen molar-refractivity contribution in [2.45, 2.75) is 19.5 Å². The zero-order valence-corrected chi connectivity index (χ0v) is 13.5. The molecule has 0 aliphatic heterocycles. The maximum atomic E-state index is 12.7. The van der Waals surface area contributed by atoms with Gasteiger partial charge in [0.15, 0.2) is 0 Å². The van der Waals surface area contributed by atoms with Crippen LogP contribution in [-0.2, 0) is 17.9 Å². The summed E-state index contributed by atoms with van der Waals surface area (Å²) in [4.78, 5) is 30.5. The summed E-state index contributed by atoms with van der Waals surface area (Å²) < 4.78 is 6.68. The lowest BCUT2D eigenvalue weighted by atomic mass is 10.3. The molecular formula is C18H16N4O3. The molecule has 7 heteroatoms. The van der Waals surface area contributed by atoms with Gasteiger partial charge in [-0.15, -0.1) is 0 Å². The number of nitrogens with zero attached hydrogens (tertiary/aromatic N) is 4. The minimum absolute atomic E-state index is 0.117. The molecule has 2 aromatic heterocycles. The molecule has 1 aromatic carbocycles. The van der Waals surface area contributed by atoms with E-state index in [-0.39, 0.29) is 37.5 Å². The smallest absolute Gasteiger partial charge is 0.269 e. The SMILES string of the molecule is N#CCCN(Cc1ccco1)C(=O)Cn1c(=O)cnc2ccccc21. The third-order valence-electron chi connectivity index (χ3n) is 3.82. The quantitative estimate of drug-likeness (QED) is 0.686. The summed E-state index contributed by atoms with van der Waals surface area (Å²) in [5.74, 6) is 0.364. The van der Waals surface area contributed by atoms with Crippen LogP contribution in [0, 0.1) is 11.3 Å². The molecule has 0 radical (unpaired) electrons. The highest BCUT2D eigenvalue weighted by molar-refractivity contribution is 5.80. The Bertz CT molecular complexity index is 970. The topological polar surface area (TPSA) is 92.1 Å². The summed E-state index contributed by atoms with van der Waals surface area (Å²) in [5, 5.41) is 8.82. The Morgan fingerprint density at radius 3 is 2.88 bits per heavy atom. The predicted octanol–water partition coefficient (Wildman–Crippen LogP) is 1.93. The van der Waals surface area contributed by atoms with Crippen LogP contribution in [0.4, 0.5) is 0 Å². The molecule has 0 unspecified atom stereocenters. The highest BCUT2D eigenvalue weighted by Crippen LogP contribution is 2.11.